The normalized spacial score (nSPS) is 10.7. The largest absolute Gasteiger partial charge is 0.333 e. The molecular weight excluding hydrogens is 530 g/mol. The van der Waals surface area contributed by atoms with Crippen molar-refractivity contribution < 1.29 is 0 Å². The first-order valence-electron chi connectivity index (χ1n) is 15.4. The quantitative estimate of drug-likeness (QED) is 0.211. The molecule has 44 heavy (non-hydrogen) atoms. The van der Waals surface area contributed by atoms with Gasteiger partial charge in [0.15, 0.2) is 0 Å². The van der Waals surface area contributed by atoms with Gasteiger partial charge in [-0.3, -0.25) is 0 Å². The molecule has 0 saturated carbocycles. The standard InChI is InChI=1S/C40H26.C2H6.CH5N/c1-2-9-30-24-31(21-20-27(30)8-1)28-16-18-29(19-17-28)32-22-23-36-33(25-32)11-7-15-38(36)40-26-34-10-3-4-12-35(34)37-13-5-6-14-39(37)40;2*1-2/h1-26H;1-2H3;2H2,1H3. The van der Waals surface area contributed by atoms with Crippen molar-refractivity contribution in [2.24, 2.45) is 5.73 Å². The maximum Gasteiger partial charge on any atom is -0.00928 e. The predicted molar refractivity (Wildman–Crippen MR) is 194 cm³/mol. The van der Waals surface area contributed by atoms with Crippen molar-refractivity contribution in [3.05, 3.63) is 158 Å². The highest BCUT2D eigenvalue weighted by atomic mass is 14.4. The maximum absolute atomic E-state index is 4.50. The molecule has 0 atom stereocenters. The number of hydrogen-bond donors (Lipinski definition) is 1. The minimum Gasteiger partial charge on any atom is -0.333 e. The summed E-state index contributed by atoms with van der Waals surface area (Å²) in [4.78, 5) is 0. The van der Waals surface area contributed by atoms with Crippen molar-refractivity contribution in [1.29, 1.82) is 0 Å². The Labute approximate surface area is 260 Å². The highest BCUT2D eigenvalue weighted by Gasteiger charge is 2.12. The lowest BCUT2D eigenvalue weighted by Crippen LogP contribution is -1.87. The fraction of sp³-hybridized carbons (Fsp3) is 0.0698. The van der Waals surface area contributed by atoms with Gasteiger partial charge >= 0.3 is 0 Å². The number of rotatable bonds is 3. The van der Waals surface area contributed by atoms with Gasteiger partial charge < -0.3 is 5.73 Å². The van der Waals surface area contributed by atoms with Gasteiger partial charge in [0, 0.05) is 0 Å². The molecule has 0 radical (unpaired) electrons. The van der Waals surface area contributed by atoms with Gasteiger partial charge in [-0.25, -0.2) is 0 Å². The Hall–Kier alpha value is -5.24. The maximum atomic E-state index is 4.50. The Bertz CT molecular complexity index is 2210. The van der Waals surface area contributed by atoms with Gasteiger partial charge in [0.25, 0.3) is 0 Å². The van der Waals surface area contributed by atoms with Crippen molar-refractivity contribution in [1.82, 2.24) is 0 Å². The molecule has 0 amide bonds. The summed E-state index contributed by atoms with van der Waals surface area (Å²) < 4.78 is 0. The van der Waals surface area contributed by atoms with Gasteiger partial charge in [-0.2, -0.15) is 0 Å². The van der Waals surface area contributed by atoms with Crippen LogP contribution in [0, 0.1) is 0 Å². The van der Waals surface area contributed by atoms with Crippen LogP contribution in [0.4, 0.5) is 0 Å². The SMILES string of the molecule is CC.CN.c1ccc2cc(-c3ccc(-c4ccc5c(-c6cc7ccccc7c7ccccc67)cccc5c4)cc3)ccc2c1. The average Bonchev–Trinajstić information content (AvgIpc) is 3.12. The lowest BCUT2D eigenvalue weighted by Gasteiger charge is -2.14. The lowest BCUT2D eigenvalue weighted by molar-refractivity contribution is 1.48. The van der Waals surface area contributed by atoms with E-state index in [4.69, 9.17) is 0 Å². The van der Waals surface area contributed by atoms with Crippen LogP contribution in [0.1, 0.15) is 13.8 Å². The van der Waals surface area contributed by atoms with E-state index >= 15 is 0 Å². The number of fused-ring (bicyclic) bond motifs is 5. The summed E-state index contributed by atoms with van der Waals surface area (Å²) in [6.07, 6.45) is 0. The Morgan fingerprint density at radius 3 is 1.48 bits per heavy atom. The fourth-order valence-corrected chi connectivity index (χ4v) is 6.20. The molecule has 0 spiro atoms. The molecule has 0 aliphatic carbocycles. The highest BCUT2D eigenvalue weighted by Crippen LogP contribution is 2.39. The number of benzene rings is 8. The third-order valence-corrected chi connectivity index (χ3v) is 8.24. The summed E-state index contributed by atoms with van der Waals surface area (Å²) in [6.45, 7) is 4.00. The zero-order valence-corrected chi connectivity index (χ0v) is 25.6. The third kappa shape index (κ3) is 5.35. The van der Waals surface area contributed by atoms with Gasteiger partial charge in [-0.05, 0) is 102 Å². The molecule has 0 bridgehead atoms. The lowest BCUT2D eigenvalue weighted by atomic mass is 9.90. The van der Waals surface area contributed by atoms with E-state index in [-0.39, 0.29) is 0 Å². The van der Waals surface area contributed by atoms with Gasteiger partial charge in [-0.15, -0.1) is 0 Å². The molecule has 0 aliphatic rings. The Balaban J connectivity index is 0.000000826. The van der Waals surface area contributed by atoms with Gasteiger partial charge in [0.05, 0.1) is 0 Å². The van der Waals surface area contributed by atoms with Gasteiger partial charge in [-0.1, -0.05) is 153 Å². The van der Waals surface area contributed by atoms with Gasteiger partial charge in [0.1, 0.15) is 0 Å². The first-order valence-corrected chi connectivity index (χ1v) is 15.4. The summed E-state index contributed by atoms with van der Waals surface area (Å²) in [5.74, 6) is 0. The monoisotopic (exact) mass is 567 g/mol. The fourth-order valence-electron chi connectivity index (χ4n) is 6.20. The molecule has 0 unspecified atom stereocenters. The summed E-state index contributed by atoms with van der Waals surface area (Å²) in [5, 5.41) is 10.2. The summed E-state index contributed by atoms with van der Waals surface area (Å²) in [7, 11) is 1.50. The molecule has 0 aromatic heterocycles. The smallest absolute Gasteiger partial charge is 0.00928 e. The minimum atomic E-state index is 1.23. The minimum absolute atomic E-state index is 1.23. The number of hydrogen-bond acceptors (Lipinski definition) is 1. The third-order valence-electron chi connectivity index (χ3n) is 8.24. The first-order chi connectivity index (χ1) is 21.8. The number of nitrogens with two attached hydrogens (primary N) is 1. The highest BCUT2D eigenvalue weighted by molar-refractivity contribution is 6.16. The van der Waals surface area contributed by atoms with E-state index in [1.807, 2.05) is 13.8 Å². The second kappa shape index (κ2) is 13.0. The predicted octanol–water partition coefficient (Wildman–Crippen LogP) is 11.9. The first kappa shape index (κ1) is 28.9. The average molecular weight is 568 g/mol. The summed E-state index contributed by atoms with van der Waals surface area (Å²) in [6, 6.07) is 57.6. The van der Waals surface area contributed by atoms with E-state index in [1.54, 1.807) is 0 Å². The Morgan fingerprint density at radius 1 is 0.295 bits per heavy atom. The van der Waals surface area contributed by atoms with Crippen LogP contribution in [-0.4, -0.2) is 7.05 Å². The van der Waals surface area contributed by atoms with Crippen molar-refractivity contribution in [2.45, 2.75) is 13.8 Å². The van der Waals surface area contributed by atoms with Crippen molar-refractivity contribution in [3.63, 3.8) is 0 Å². The molecule has 1 nitrogen and oxygen atoms in total. The molecule has 0 aliphatic heterocycles. The summed E-state index contributed by atoms with van der Waals surface area (Å²) in [5.41, 5.74) is 12.0. The Morgan fingerprint density at radius 2 is 0.773 bits per heavy atom. The molecule has 0 heterocycles. The molecule has 8 rings (SSSR count). The molecule has 1 heteroatoms. The van der Waals surface area contributed by atoms with Crippen LogP contribution in [0.15, 0.2) is 158 Å². The second-order valence-electron chi connectivity index (χ2n) is 10.6. The zero-order valence-electron chi connectivity index (χ0n) is 25.6. The molecule has 0 fully saturated rings. The zero-order chi connectivity index (χ0) is 30.5. The van der Waals surface area contributed by atoms with Crippen LogP contribution in [0.3, 0.4) is 0 Å². The van der Waals surface area contributed by atoms with E-state index in [2.05, 4.69) is 163 Å². The van der Waals surface area contributed by atoms with Gasteiger partial charge in [0.2, 0.25) is 0 Å². The van der Waals surface area contributed by atoms with E-state index in [1.165, 1.54) is 83.5 Å². The molecule has 0 saturated heterocycles. The molecule has 214 valence electrons. The van der Waals surface area contributed by atoms with Crippen LogP contribution in [0.2, 0.25) is 0 Å². The van der Waals surface area contributed by atoms with E-state index in [0.717, 1.165) is 0 Å². The Kier molecular flexibility index (Phi) is 8.50. The van der Waals surface area contributed by atoms with Crippen LogP contribution in [-0.2, 0) is 0 Å². The topological polar surface area (TPSA) is 26.0 Å². The van der Waals surface area contributed by atoms with Crippen molar-refractivity contribution >= 4 is 43.1 Å². The van der Waals surface area contributed by atoms with Crippen molar-refractivity contribution in [3.8, 4) is 33.4 Å². The van der Waals surface area contributed by atoms with Crippen LogP contribution in [0.25, 0.3) is 76.5 Å². The second-order valence-corrected chi connectivity index (χ2v) is 10.6. The van der Waals surface area contributed by atoms with E-state index < -0.39 is 0 Å². The summed E-state index contributed by atoms with van der Waals surface area (Å²) >= 11 is 0. The van der Waals surface area contributed by atoms with Crippen LogP contribution < -0.4 is 5.73 Å². The van der Waals surface area contributed by atoms with Crippen LogP contribution >= 0.6 is 0 Å². The molecular formula is C43H37N. The molecule has 2 N–H and O–H groups in total. The van der Waals surface area contributed by atoms with E-state index in [0.29, 0.717) is 0 Å². The molecule has 8 aromatic rings. The van der Waals surface area contributed by atoms with Crippen molar-refractivity contribution in [2.75, 3.05) is 7.05 Å². The molecule has 8 aromatic carbocycles. The van der Waals surface area contributed by atoms with E-state index in [9.17, 15) is 0 Å². The van der Waals surface area contributed by atoms with Crippen LogP contribution in [0.5, 0.6) is 0 Å².